The lowest BCUT2D eigenvalue weighted by atomic mass is 10.1. The van der Waals surface area contributed by atoms with Crippen LogP contribution < -0.4 is 16.0 Å². The van der Waals surface area contributed by atoms with E-state index < -0.39 is 0 Å². The molecule has 0 aromatic carbocycles. The second-order valence-electron chi connectivity index (χ2n) is 4.57. The van der Waals surface area contributed by atoms with E-state index in [1.807, 2.05) is 18.5 Å². The molecule has 0 radical (unpaired) electrons. The van der Waals surface area contributed by atoms with Gasteiger partial charge in [0.25, 0.3) is 0 Å². The van der Waals surface area contributed by atoms with E-state index >= 15 is 0 Å². The molecule has 2 rings (SSSR count). The zero-order valence-electron chi connectivity index (χ0n) is 12.3. The summed E-state index contributed by atoms with van der Waals surface area (Å²) in [6.07, 6.45) is 2.02. The average Bonchev–Trinajstić information content (AvgIpc) is 2.79. The van der Waals surface area contributed by atoms with Crippen molar-refractivity contribution in [2.75, 3.05) is 7.11 Å². The molecule has 2 aromatic heterocycles. The highest BCUT2D eigenvalue weighted by Crippen LogP contribution is 2.25. The fraction of sp³-hybridized carbons (Fsp3) is 0.462. The summed E-state index contributed by atoms with van der Waals surface area (Å²) in [6.45, 7) is 4.65. The molecule has 0 saturated heterocycles. The van der Waals surface area contributed by atoms with Gasteiger partial charge in [-0.25, -0.2) is 9.97 Å². The van der Waals surface area contributed by atoms with E-state index in [-0.39, 0.29) is 6.04 Å². The molecule has 0 saturated carbocycles. The molecule has 0 aliphatic carbocycles. The van der Waals surface area contributed by atoms with Crippen LogP contribution in [0.4, 0.5) is 0 Å². The third kappa shape index (κ3) is 3.31. The van der Waals surface area contributed by atoms with Gasteiger partial charge in [-0.2, -0.15) is 5.10 Å². The molecule has 0 spiro atoms. The van der Waals surface area contributed by atoms with Crippen molar-refractivity contribution in [1.82, 2.24) is 25.2 Å². The molecule has 0 aliphatic rings. The maximum absolute atomic E-state index is 6.33. The van der Waals surface area contributed by atoms with Crippen molar-refractivity contribution in [1.29, 1.82) is 0 Å². The van der Waals surface area contributed by atoms with Gasteiger partial charge in [-0.05, 0) is 13.8 Å². The normalized spacial score (nSPS) is 12.4. The van der Waals surface area contributed by atoms with Crippen molar-refractivity contribution >= 4 is 11.6 Å². The van der Waals surface area contributed by atoms with Gasteiger partial charge in [0.05, 0.1) is 35.3 Å². The molecule has 21 heavy (non-hydrogen) atoms. The number of aryl methyl sites for hydroxylation is 2. The van der Waals surface area contributed by atoms with E-state index in [9.17, 15) is 0 Å². The van der Waals surface area contributed by atoms with Gasteiger partial charge >= 0.3 is 0 Å². The Morgan fingerprint density at radius 2 is 2.24 bits per heavy atom. The largest absolute Gasteiger partial charge is 0.481 e. The van der Waals surface area contributed by atoms with E-state index in [1.165, 1.54) is 6.33 Å². The van der Waals surface area contributed by atoms with Crippen LogP contribution in [0.3, 0.4) is 0 Å². The summed E-state index contributed by atoms with van der Waals surface area (Å²) in [5.74, 6) is 6.16. The van der Waals surface area contributed by atoms with Crippen molar-refractivity contribution in [2.24, 2.45) is 5.84 Å². The van der Waals surface area contributed by atoms with Gasteiger partial charge in [-0.3, -0.25) is 16.0 Å². The number of rotatable bonds is 6. The predicted molar refractivity (Wildman–Crippen MR) is 80.0 cm³/mol. The van der Waals surface area contributed by atoms with Crippen molar-refractivity contribution in [3.8, 4) is 5.88 Å². The fourth-order valence-corrected chi connectivity index (χ4v) is 2.37. The van der Waals surface area contributed by atoms with Crippen LogP contribution in [-0.2, 0) is 13.0 Å². The van der Waals surface area contributed by atoms with E-state index in [1.54, 1.807) is 13.2 Å². The molecule has 1 unspecified atom stereocenters. The lowest BCUT2D eigenvalue weighted by molar-refractivity contribution is 0.393. The standard InChI is InChI=1S/C13H19ClN6O/c1-4-20-11(13(14)8(2)19-20)5-10(18-15)9-6-12(21-3)17-7-16-9/h6-7,10,18H,4-5,15H2,1-3H3. The van der Waals surface area contributed by atoms with E-state index in [0.717, 1.165) is 23.6 Å². The highest BCUT2D eigenvalue weighted by Gasteiger charge is 2.20. The Hall–Kier alpha value is -1.70. The van der Waals surface area contributed by atoms with Crippen LogP contribution in [0, 0.1) is 6.92 Å². The van der Waals surface area contributed by atoms with Crippen molar-refractivity contribution in [3.05, 3.63) is 34.5 Å². The zero-order valence-corrected chi connectivity index (χ0v) is 13.1. The second kappa shape index (κ2) is 6.84. The van der Waals surface area contributed by atoms with Crippen LogP contribution in [-0.4, -0.2) is 26.9 Å². The molecule has 2 aromatic rings. The van der Waals surface area contributed by atoms with Gasteiger partial charge in [0.1, 0.15) is 6.33 Å². The maximum atomic E-state index is 6.33. The fourth-order valence-electron chi connectivity index (χ4n) is 2.16. The topological polar surface area (TPSA) is 90.9 Å². The molecule has 0 amide bonds. The minimum absolute atomic E-state index is 0.208. The highest BCUT2D eigenvalue weighted by molar-refractivity contribution is 6.31. The van der Waals surface area contributed by atoms with Gasteiger partial charge in [0.15, 0.2) is 0 Å². The van der Waals surface area contributed by atoms with Crippen LogP contribution in [0.5, 0.6) is 5.88 Å². The van der Waals surface area contributed by atoms with E-state index in [2.05, 4.69) is 20.5 Å². The first-order valence-corrected chi connectivity index (χ1v) is 7.02. The van der Waals surface area contributed by atoms with Gasteiger partial charge in [0, 0.05) is 19.0 Å². The molecule has 3 N–H and O–H groups in total. The quantitative estimate of drug-likeness (QED) is 0.619. The Kier molecular flexibility index (Phi) is 5.11. The number of nitrogens with one attached hydrogen (secondary N) is 1. The lowest BCUT2D eigenvalue weighted by Gasteiger charge is -2.16. The van der Waals surface area contributed by atoms with Crippen LogP contribution >= 0.6 is 11.6 Å². The number of ether oxygens (including phenoxy) is 1. The van der Waals surface area contributed by atoms with Crippen LogP contribution in [0.25, 0.3) is 0 Å². The lowest BCUT2D eigenvalue weighted by Crippen LogP contribution is -2.31. The Balaban J connectivity index is 2.30. The number of aromatic nitrogens is 4. The van der Waals surface area contributed by atoms with Gasteiger partial charge < -0.3 is 4.74 Å². The second-order valence-corrected chi connectivity index (χ2v) is 4.95. The molecule has 1 atom stereocenters. The number of methoxy groups -OCH3 is 1. The summed E-state index contributed by atoms with van der Waals surface area (Å²) >= 11 is 6.33. The summed E-state index contributed by atoms with van der Waals surface area (Å²) in [7, 11) is 1.56. The number of hydrogen-bond donors (Lipinski definition) is 2. The summed E-state index contributed by atoms with van der Waals surface area (Å²) < 4.78 is 6.98. The van der Waals surface area contributed by atoms with Crippen molar-refractivity contribution < 1.29 is 4.74 Å². The number of nitrogens with two attached hydrogens (primary N) is 1. The summed E-state index contributed by atoms with van der Waals surface area (Å²) in [6, 6.07) is 1.54. The van der Waals surface area contributed by atoms with Gasteiger partial charge in [-0.1, -0.05) is 11.6 Å². The molecule has 0 aliphatic heterocycles. The van der Waals surface area contributed by atoms with Crippen LogP contribution in [0.15, 0.2) is 12.4 Å². The van der Waals surface area contributed by atoms with E-state index in [0.29, 0.717) is 17.3 Å². The summed E-state index contributed by atoms with van der Waals surface area (Å²) in [5.41, 5.74) is 5.24. The molecule has 8 heteroatoms. The summed E-state index contributed by atoms with van der Waals surface area (Å²) in [5, 5.41) is 5.07. The molecule has 2 heterocycles. The number of hydrazine groups is 1. The first-order valence-electron chi connectivity index (χ1n) is 6.64. The third-order valence-corrected chi connectivity index (χ3v) is 3.77. The van der Waals surface area contributed by atoms with Crippen molar-refractivity contribution in [2.45, 2.75) is 32.9 Å². The molecule has 114 valence electrons. The molecule has 0 fully saturated rings. The minimum atomic E-state index is -0.208. The van der Waals surface area contributed by atoms with Gasteiger partial charge in [-0.15, -0.1) is 0 Å². The Morgan fingerprint density at radius 1 is 1.48 bits per heavy atom. The summed E-state index contributed by atoms with van der Waals surface area (Å²) in [4.78, 5) is 8.23. The minimum Gasteiger partial charge on any atom is -0.481 e. The van der Waals surface area contributed by atoms with Crippen molar-refractivity contribution in [3.63, 3.8) is 0 Å². The number of halogens is 1. The average molecular weight is 311 g/mol. The van der Waals surface area contributed by atoms with E-state index in [4.69, 9.17) is 22.2 Å². The maximum Gasteiger partial charge on any atom is 0.216 e. The Morgan fingerprint density at radius 3 is 2.86 bits per heavy atom. The van der Waals surface area contributed by atoms with Gasteiger partial charge in [0.2, 0.25) is 5.88 Å². The third-order valence-electron chi connectivity index (χ3n) is 3.28. The Labute approximate surface area is 128 Å². The first kappa shape index (κ1) is 15.7. The smallest absolute Gasteiger partial charge is 0.216 e. The molecule has 0 bridgehead atoms. The number of nitrogens with zero attached hydrogens (tertiary/aromatic N) is 4. The number of hydrogen-bond acceptors (Lipinski definition) is 6. The van der Waals surface area contributed by atoms with Crippen LogP contribution in [0.2, 0.25) is 5.02 Å². The zero-order chi connectivity index (χ0) is 15.4. The predicted octanol–water partition coefficient (Wildman–Crippen LogP) is 1.41. The molecular formula is C13H19ClN6O. The SMILES string of the molecule is CCn1nc(C)c(Cl)c1CC(NN)c1cc(OC)ncn1. The highest BCUT2D eigenvalue weighted by atomic mass is 35.5. The monoisotopic (exact) mass is 310 g/mol. The Bertz CT molecular complexity index is 615. The first-order chi connectivity index (χ1) is 10.1. The van der Waals surface area contributed by atoms with Crippen LogP contribution in [0.1, 0.15) is 30.0 Å². The molecule has 7 nitrogen and oxygen atoms in total. The molecular weight excluding hydrogens is 292 g/mol.